The lowest BCUT2D eigenvalue weighted by molar-refractivity contribution is 0.653. The van der Waals surface area contributed by atoms with E-state index in [9.17, 15) is 0 Å². The molecule has 2 aliphatic carbocycles. The second-order valence-electron chi connectivity index (χ2n) is 18.0. The molecule has 12 rings (SSSR count). The summed E-state index contributed by atoms with van der Waals surface area (Å²) in [5, 5.41) is 2.58. The van der Waals surface area contributed by atoms with Crippen LogP contribution in [-0.4, -0.2) is 4.57 Å². The topological polar surface area (TPSA) is 8.17 Å². The Bertz CT molecular complexity index is 3480. The third kappa shape index (κ3) is 6.48. The lowest BCUT2D eigenvalue weighted by Gasteiger charge is -2.29. The summed E-state index contributed by atoms with van der Waals surface area (Å²) in [6.07, 6.45) is 4.51. The van der Waals surface area contributed by atoms with Crippen LogP contribution in [0.25, 0.3) is 77.6 Å². The SMILES string of the molecule is CC1(C)C2=C(n3c4ccccc4c4c(-c5cccc(-c6ccccc6N(c6ccccc6)c6ccc(-c7ccc(-c8ccccc8)cc7)cc6)c5)cccc43)CCC=C2c2ccccc21. The van der Waals surface area contributed by atoms with E-state index in [4.69, 9.17) is 0 Å². The molecule has 0 spiro atoms. The fourth-order valence-electron chi connectivity index (χ4n) is 10.9. The van der Waals surface area contributed by atoms with Gasteiger partial charge in [0.1, 0.15) is 0 Å². The van der Waals surface area contributed by atoms with Crippen LogP contribution in [0.2, 0.25) is 0 Å². The highest BCUT2D eigenvalue weighted by Crippen LogP contribution is 2.55. The van der Waals surface area contributed by atoms with Crippen LogP contribution in [0.1, 0.15) is 37.8 Å². The summed E-state index contributed by atoms with van der Waals surface area (Å²) in [7, 11) is 0. The van der Waals surface area contributed by atoms with Gasteiger partial charge in [-0.3, -0.25) is 0 Å². The van der Waals surface area contributed by atoms with E-state index in [1.165, 1.54) is 94.3 Å². The van der Waals surface area contributed by atoms with Crippen molar-refractivity contribution in [3.8, 4) is 44.5 Å². The molecule has 0 fully saturated rings. The maximum Gasteiger partial charge on any atom is 0.0544 e. The Morgan fingerprint density at radius 1 is 0.431 bits per heavy atom. The van der Waals surface area contributed by atoms with E-state index < -0.39 is 0 Å². The van der Waals surface area contributed by atoms with E-state index in [1.807, 2.05) is 0 Å². The predicted molar refractivity (Wildman–Crippen MR) is 276 cm³/mol. The molecule has 0 radical (unpaired) electrons. The van der Waals surface area contributed by atoms with Crippen LogP contribution in [0.3, 0.4) is 0 Å². The van der Waals surface area contributed by atoms with Crippen LogP contribution in [0.15, 0.2) is 236 Å². The lowest BCUT2D eigenvalue weighted by atomic mass is 9.79. The fourth-order valence-corrected chi connectivity index (χ4v) is 10.9. The maximum absolute atomic E-state index is 2.60. The van der Waals surface area contributed by atoms with Gasteiger partial charge in [-0.25, -0.2) is 0 Å². The van der Waals surface area contributed by atoms with Gasteiger partial charge in [0, 0.05) is 38.8 Å². The van der Waals surface area contributed by atoms with Gasteiger partial charge in [-0.15, -0.1) is 0 Å². The molecule has 2 aliphatic rings. The highest BCUT2D eigenvalue weighted by atomic mass is 15.1. The van der Waals surface area contributed by atoms with Gasteiger partial charge in [0.25, 0.3) is 0 Å². The first-order valence-electron chi connectivity index (χ1n) is 22.9. The van der Waals surface area contributed by atoms with Crippen molar-refractivity contribution in [2.75, 3.05) is 4.90 Å². The third-order valence-corrected chi connectivity index (χ3v) is 13.9. The number of para-hydroxylation sites is 3. The Kier molecular flexibility index (Phi) is 9.35. The third-order valence-electron chi connectivity index (χ3n) is 13.9. The van der Waals surface area contributed by atoms with Crippen LogP contribution in [0.5, 0.6) is 0 Å². The van der Waals surface area contributed by atoms with E-state index in [0.29, 0.717) is 0 Å². The average Bonchev–Trinajstić information content (AvgIpc) is 3.84. The number of hydrogen-bond donors (Lipinski definition) is 0. The largest absolute Gasteiger partial charge is 0.313 e. The molecule has 65 heavy (non-hydrogen) atoms. The Balaban J connectivity index is 0.956. The molecule has 2 nitrogen and oxygen atoms in total. The first kappa shape index (κ1) is 38.7. The number of nitrogens with zero attached hydrogens (tertiary/aromatic N) is 2. The highest BCUT2D eigenvalue weighted by Gasteiger charge is 2.41. The molecule has 310 valence electrons. The van der Waals surface area contributed by atoms with Gasteiger partial charge >= 0.3 is 0 Å². The molecule has 0 atom stereocenters. The lowest BCUT2D eigenvalue weighted by Crippen LogP contribution is -2.19. The smallest absolute Gasteiger partial charge is 0.0544 e. The van der Waals surface area contributed by atoms with Crippen LogP contribution < -0.4 is 4.90 Å². The van der Waals surface area contributed by atoms with E-state index in [1.54, 1.807) is 0 Å². The number of hydrogen-bond acceptors (Lipinski definition) is 1. The maximum atomic E-state index is 2.60. The van der Waals surface area contributed by atoms with Gasteiger partial charge in [0.05, 0.1) is 16.7 Å². The molecule has 0 unspecified atom stereocenters. The van der Waals surface area contributed by atoms with Crippen molar-refractivity contribution >= 4 is 50.1 Å². The molecule has 10 aromatic rings. The fraction of sp³-hybridized carbons (Fsp3) is 0.0794. The van der Waals surface area contributed by atoms with Crippen molar-refractivity contribution < 1.29 is 0 Å². The molecule has 9 aromatic carbocycles. The van der Waals surface area contributed by atoms with Gasteiger partial charge in [-0.1, -0.05) is 196 Å². The molecule has 1 heterocycles. The second kappa shape index (κ2) is 15.7. The molecular weight excluding hydrogens is 785 g/mol. The first-order valence-corrected chi connectivity index (χ1v) is 22.9. The molecule has 2 heteroatoms. The van der Waals surface area contributed by atoms with Crippen molar-refractivity contribution in [3.63, 3.8) is 0 Å². The molecule has 0 saturated heterocycles. The first-order chi connectivity index (χ1) is 32.0. The minimum atomic E-state index is -0.0972. The standard InChI is InChI=1S/C63H48N2/c1-63(2)56-29-12-9-25-53(56)54-28-17-33-60(62(54)63)65-58-31-14-11-26-55(58)61-52(27-16-32-59(61)65)48-21-15-20-47(42-48)51-24-10-13-30-57(51)64(49-22-7-4-8-23-49)50-40-38-46(39-41-50)45-36-34-44(35-37-45)43-18-5-3-6-19-43/h3-16,18-32,34-42H,17,33H2,1-2H3. The van der Waals surface area contributed by atoms with Gasteiger partial charge in [0.15, 0.2) is 0 Å². The molecule has 0 amide bonds. The summed E-state index contributed by atoms with van der Waals surface area (Å²) >= 11 is 0. The number of anilines is 3. The van der Waals surface area contributed by atoms with Crippen molar-refractivity contribution in [1.82, 2.24) is 4.57 Å². The number of fused-ring (bicyclic) bond motifs is 6. The average molecular weight is 833 g/mol. The van der Waals surface area contributed by atoms with Gasteiger partial charge in [0.2, 0.25) is 0 Å². The summed E-state index contributed by atoms with van der Waals surface area (Å²) in [5.74, 6) is 0. The minimum absolute atomic E-state index is 0.0972. The molecule has 0 N–H and O–H groups in total. The van der Waals surface area contributed by atoms with E-state index in [2.05, 4.69) is 254 Å². The number of aromatic nitrogens is 1. The normalized spacial score (nSPS) is 14.0. The zero-order valence-corrected chi connectivity index (χ0v) is 36.7. The summed E-state index contributed by atoms with van der Waals surface area (Å²) in [6, 6.07) is 82.2. The number of rotatable bonds is 8. The van der Waals surface area contributed by atoms with E-state index >= 15 is 0 Å². The Hall–Kier alpha value is -7.94. The zero-order chi connectivity index (χ0) is 43.5. The van der Waals surface area contributed by atoms with Crippen LogP contribution in [0.4, 0.5) is 17.1 Å². The Morgan fingerprint density at radius 3 is 1.71 bits per heavy atom. The van der Waals surface area contributed by atoms with E-state index in [-0.39, 0.29) is 5.41 Å². The number of allylic oxidation sites excluding steroid dienone is 4. The molecule has 1 aromatic heterocycles. The summed E-state index contributed by atoms with van der Waals surface area (Å²) in [4.78, 5) is 2.39. The Morgan fingerprint density at radius 2 is 0.954 bits per heavy atom. The predicted octanol–water partition coefficient (Wildman–Crippen LogP) is 17.3. The van der Waals surface area contributed by atoms with Crippen molar-refractivity contribution in [2.45, 2.75) is 32.1 Å². The molecule has 0 aliphatic heterocycles. The van der Waals surface area contributed by atoms with Crippen LogP contribution in [0, 0.1) is 0 Å². The molecule has 0 bridgehead atoms. The quantitative estimate of drug-likeness (QED) is 0.148. The monoisotopic (exact) mass is 832 g/mol. The van der Waals surface area contributed by atoms with Crippen LogP contribution in [-0.2, 0) is 5.41 Å². The van der Waals surface area contributed by atoms with Gasteiger partial charge < -0.3 is 9.47 Å². The highest BCUT2D eigenvalue weighted by molar-refractivity contribution is 6.17. The summed E-state index contributed by atoms with van der Waals surface area (Å²) in [6.45, 7) is 4.83. The summed E-state index contributed by atoms with van der Waals surface area (Å²) < 4.78 is 2.60. The molecular formula is C63H48N2. The van der Waals surface area contributed by atoms with Crippen molar-refractivity contribution in [3.05, 3.63) is 247 Å². The van der Waals surface area contributed by atoms with Gasteiger partial charge in [-0.05, 0) is 123 Å². The second-order valence-corrected chi connectivity index (χ2v) is 18.0. The van der Waals surface area contributed by atoms with Crippen molar-refractivity contribution in [2.24, 2.45) is 0 Å². The van der Waals surface area contributed by atoms with Gasteiger partial charge in [-0.2, -0.15) is 0 Å². The van der Waals surface area contributed by atoms with E-state index in [0.717, 1.165) is 29.9 Å². The Labute approximate surface area is 381 Å². The molecule has 0 saturated carbocycles. The van der Waals surface area contributed by atoms with Crippen LogP contribution >= 0.6 is 0 Å². The zero-order valence-electron chi connectivity index (χ0n) is 36.7. The minimum Gasteiger partial charge on any atom is -0.313 e. The number of benzene rings is 9. The summed E-state index contributed by atoms with van der Waals surface area (Å²) in [5.41, 5.74) is 22.5. The van der Waals surface area contributed by atoms with Crippen molar-refractivity contribution in [1.29, 1.82) is 0 Å².